The van der Waals surface area contributed by atoms with Crippen LogP contribution in [0.5, 0.6) is 0 Å². The van der Waals surface area contributed by atoms with Gasteiger partial charge in [0.05, 0.1) is 5.69 Å². The van der Waals surface area contributed by atoms with Gasteiger partial charge in [-0.3, -0.25) is 14.6 Å². The van der Waals surface area contributed by atoms with Crippen molar-refractivity contribution < 1.29 is 9.59 Å². The summed E-state index contributed by atoms with van der Waals surface area (Å²) in [6.07, 6.45) is 4.05. The van der Waals surface area contributed by atoms with Crippen molar-refractivity contribution in [2.24, 2.45) is 0 Å². The van der Waals surface area contributed by atoms with Crippen LogP contribution in [0.1, 0.15) is 29.6 Å². The molecule has 1 aromatic heterocycles. The van der Waals surface area contributed by atoms with E-state index in [1.807, 2.05) is 11.0 Å². The lowest BCUT2D eigenvalue weighted by atomic mass is 10.1. The topological polar surface area (TPSA) is 68.8 Å². The van der Waals surface area contributed by atoms with Crippen LogP contribution in [0.3, 0.4) is 0 Å². The lowest BCUT2D eigenvalue weighted by Gasteiger charge is -2.34. The first-order valence-corrected chi connectivity index (χ1v) is 11.2. The number of amides is 2. The second-order valence-electron chi connectivity index (χ2n) is 8.36. The quantitative estimate of drug-likeness (QED) is 0.695. The molecule has 164 valence electrons. The molecule has 3 heterocycles. The van der Waals surface area contributed by atoms with Crippen LogP contribution in [0, 0.1) is 0 Å². The molecule has 0 atom stereocenters. The van der Waals surface area contributed by atoms with E-state index in [4.69, 9.17) is 0 Å². The van der Waals surface area contributed by atoms with Gasteiger partial charge in [0.1, 0.15) is 0 Å². The minimum Gasteiger partial charge on any atom is -0.369 e. The normalized spacial score (nSPS) is 17.3. The first-order valence-electron chi connectivity index (χ1n) is 11.2. The summed E-state index contributed by atoms with van der Waals surface area (Å²) < 4.78 is 0. The van der Waals surface area contributed by atoms with E-state index >= 15 is 0 Å². The van der Waals surface area contributed by atoms with Crippen molar-refractivity contribution in [2.45, 2.75) is 19.3 Å². The van der Waals surface area contributed by atoms with Crippen molar-refractivity contribution in [1.29, 1.82) is 0 Å². The Bertz CT molecular complexity index is 906. The van der Waals surface area contributed by atoms with Crippen molar-refractivity contribution in [3.8, 4) is 11.3 Å². The number of likely N-dealkylation sites (tertiary alicyclic amines) is 1. The molecule has 4 rings (SSSR count). The number of benzene rings is 1. The summed E-state index contributed by atoms with van der Waals surface area (Å²) in [7, 11) is 2.16. The number of piperazine rings is 1. The van der Waals surface area contributed by atoms with Gasteiger partial charge in [0.15, 0.2) is 0 Å². The van der Waals surface area contributed by atoms with Gasteiger partial charge in [0.2, 0.25) is 5.91 Å². The number of likely N-dealkylation sites (N-methyl/N-ethyl adjacent to an activating group) is 1. The summed E-state index contributed by atoms with van der Waals surface area (Å²) in [5.74, 6) is 0.120. The van der Waals surface area contributed by atoms with Gasteiger partial charge >= 0.3 is 0 Å². The molecule has 2 aliphatic heterocycles. The average molecular weight is 422 g/mol. The molecular formula is C24H31N5O2. The number of carbonyl (C=O) groups excluding carboxylic acids is 2. The van der Waals surface area contributed by atoms with E-state index in [0.717, 1.165) is 56.8 Å². The first-order chi connectivity index (χ1) is 15.1. The van der Waals surface area contributed by atoms with E-state index in [1.165, 1.54) is 5.69 Å². The van der Waals surface area contributed by atoms with E-state index in [1.54, 1.807) is 12.3 Å². The third kappa shape index (κ3) is 5.41. The van der Waals surface area contributed by atoms with Crippen LogP contribution in [0.25, 0.3) is 11.3 Å². The van der Waals surface area contributed by atoms with Gasteiger partial charge in [-0.25, -0.2) is 0 Å². The van der Waals surface area contributed by atoms with Crippen LogP contribution in [0.15, 0.2) is 42.6 Å². The summed E-state index contributed by atoms with van der Waals surface area (Å²) >= 11 is 0. The Morgan fingerprint density at radius 1 is 1.06 bits per heavy atom. The van der Waals surface area contributed by atoms with Gasteiger partial charge in [-0.15, -0.1) is 0 Å². The Labute approximate surface area is 184 Å². The highest BCUT2D eigenvalue weighted by Gasteiger charge is 2.19. The second-order valence-corrected chi connectivity index (χ2v) is 8.36. The summed E-state index contributed by atoms with van der Waals surface area (Å²) in [5, 5.41) is 2.96. The van der Waals surface area contributed by atoms with Gasteiger partial charge in [0.25, 0.3) is 5.91 Å². The molecule has 2 amide bonds. The number of pyridine rings is 1. The van der Waals surface area contributed by atoms with E-state index in [0.29, 0.717) is 25.1 Å². The zero-order valence-corrected chi connectivity index (χ0v) is 18.2. The molecule has 0 saturated carbocycles. The predicted octanol–water partition coefficient (Wildman–Crippen LogP) is 2.24. The molecule has 0 radical (unpaired) electrons. The Morgan fingerprint density at radius 2 is 1.84 bits per heavy atom. The first kappa shape index (κ1) is 21.3. The number of aromatic nitrogens is 1. The van der Waals surface area contributed by atoms with Crippen LogP contribution < -0.4 is 10.2 Å². The summed E-state index contributed by atoms with van der Waals surface area (Å²) in [6, 6.07) is 12.0. The van der Waals surface area contributed by atoms with Gasteiger partial charge in [-0.05, 0) is 44.2 Å². The maximum absolute atomic E-state index is 12.5. The van der Waals surface area contributed by atoms with Crippen LogP contribution in [-0.4, -0.2) is 79.5 Å². The smallest absolute Gasteiger partial charge is 0.251 e. The molecule has 0 aliphatic carbocycles. The maximum atomic E-state index is 12.5. The van der Waals surface area contributed by atoms with Gasteiger partial charge in [-0.2, -0.15) is 0 Å². The van der Waals surface area contributed by atoms with Crippen LogP contribution in [0.2, 0.25) is 0 Å². The molecular weight excluding hydrogens is 390 g/mol. The molecule has 2 aliphatic rings. The fraction of sp³-hybridized carbons (Fsp3) is 0.458. The fourth-order valence-electron chi connectivity index (χ4n) is 4.15. The number of rotatable bonds is 7. The molecule has 7 heteroatoms. The van der Waals surface area contributed by atoms with Crippen LogP contribution >= 0.6 is 0 Å². The molecule has 1 aromatic carbocycles. The van der Waals surface area contributed by atoms with Crippen molar-refractivity contribution in [3.05, 3.63) is 48.2 Å². The molecule has 1 N–H and O–H groups in total. The third-order valence-corrected chi connectivity index (χ3v) is 6.12. The highest BCUT2D eigenvalue weighted by molar-refractivity contribution is 5.95. The van der Waals surface area contributed by atoms with E-state index in [-0.39, 0.29) is 11.8 Å². The summed E-state index contributed by atoms with van der Waals surface area (Å²) in [5.41, 5.74) is 3.62. The molecule has 2 saturated heterocycles. The fourth-order valence-corrected chi connectivity index (χ4v) is 4.15. The average Bonchev–Trinajstić information content (AvgIpc) is 3.22. The maximum Gasteiger partial charge on any atom is 0.251 e. The summed E-state index contributed by atoms with van der Waals surface area (Å²) in [4.78, 5) is 35.3. The third-order valence-electron chi connectivity index (χ3n) is 6.12. The number of anilines is 1. The predicted molar refractivity (Wildman–Crippen MR) is 122 cm³/mol. The number of carbonyl (C=O) groups is 2. The number of hydrogen-bond acceptors (Lipinski definition) is 5. The largest absolute Gasteiger partial charge is 0.369 e. The minimum atomic E-state index is -0.106. The monoisotopic (exact) mass is 421 g/mol. The van der Waals surface area contributed by atoms with Gasteiger partial charge in [-0.1, -0.05) is 12.1 Å². The molecule has 0 bridgehead atoms. The number of hydrogen-bond donors (Lipinski definition) is 1. The van der Waals surface area contributed by atoms with Gasteiger partial charge in [0, 0.05) is 75.2 Å². The lowest BCUT2D eigenvalue weighted by Crippen LogP contribution is -2.44. The molecule has 2 fully saturated rings. The molecule has 2 aromatic rings. The molecule has 0 spiro atoms. The Morgan fingerprint density at radius 3 is 2.55 bits per heavy atom. The van der Waals surface area contributed by atoms with Crippen molar-refractivity contribution >= 4 is 17.5 Å². The molecule has 0 unspecified atom stereocenters. The zero-order valence-electron chi connectivity index (χ0n) is 18.2. The minimum absolute atomic E-state index is 0.106. The molecule has 31 heavy (non-hydrogen) atoms. The SMILES string of the molecule is CN1CCN(c2ccc(-c3cc(C(=O)NCCCN4CCCC4=O)ccn3)cc2)CC1. The Kier molecular flexibility index (Phi) is 6.82. The molecule has 7 nitrogen and oxygen atoms in total. The van der Waals surface area contributed by atoms with Crippen LogP contribution in [-0.2, 0) is 4.79 Å². The Hall–Kier alpha value is -2.93. The number of nitrogens with zero attached hydrogens (tertiary/aromatic N) is 4. The highest BCUT2D eigenvalue weighted by Crippen LogP contribution is 2.23. The van der Waals surface area contributed by atoms with Crippen molar-refractivity contribution in [3.63, 3.8) is 0 Å². The second kappa shape index (κ2) is 9.92. The standard InChI is InChI=1S/C24H31N5O2/c1-27-14-16-28(17-15-27)21-7-5-19(6-8-21)22-18-20(9-11-25-22)24(31)26-10-3-13-29-12-2-4-23(29)30/h5-9,11,18H,2-4,10,12-17H2,1H3,(H,26,31). The highest BCUT2D eigenvalue weighted by atomic mass is 16.2. The van der Waals surface area contributed by atoms with Crippen molar-refractivity contribution in [1.82, 2.24) is 20.1 Å². The van der Waals surface area contributed by atoms with E-state index in [2.05, 4.69) is 51.4 Å². The number of nitrogens with one attached hydrogen (secondary N) is 1. The van der Waals surface area contributed by atoms with E-state index in [9.17, 15) is 9.59 Å². The van der Waals surface area contributed by atoms with Crippen LogP contribution in [0.4, 0.5) is 5.69 Å². The summed E-state index contributed by atoms with van der Waals surface area (Å²) in [6.45, 7) is 6.34. The Balaban J connectivity index is 1.32. The van der Waals surface area contributed by atoms with Crippen molar-refractivity contribution in [2.75, 3.05) is 57.8 Å². The van der Waals surface area contributed by atoms with Gasteiger partial charge < -0.3 is 20.0 Å². The van der Waals surface area contributed by atoms with E-state index < -0.39 is 0 Å². The zero-order chi connectivity index (χ0) is 21.6. The lowest BCUT2D eigenvalue weighted by molar-refractivity contribution is -0.127.